The summed E-state index contributed by atoms with van der Waals surface area (Å²) < 4.78 is 6.11. The SMILES string of the molecule is Nc1c[n+](-c2ccc([O-])cc2)no1. The van der Waals surface area contributed by atoms with Gasteiger partial charge in [-0.25, -0.2) is 0 Å². The second kappa shape index (κ2) is 2.78. The van der Waals surface area contributed by atoms with Crippen LogP contribution in [0.1, 0.15) is 0 Å². The van der Waals surface area contributed by atoms with Gasteiger partial charge in [-0.3, -0.25) is 4.52 Å². The minimum atomic E-state index is -0.0409. The Labute approximate surface area is 74.0 Å². The van der Waals surface area contributed by atoms with Crippen molar-refractivity contribution in [2.75, 3.05) is 5.73 Å². The maximum atomic E-state index is 10.8. The molecule has 0 aliphatic heterocycles. The lowest BCUT2D eigenvalue weighted by Gasteiger charge is -2.00. The van der Waals surface area contributed by atoms with E-state index >= 15 is 0 Å². The van der Waals surface area contributed by atoms with Gasteiger partial charge in [-0.2, -0.15) is 0 Å². The van der Waals surface area contributed by atoms with Gasteiger partial charge in [0.05, 0.1) is 0 Å². The van der Waals surface area contributed by atoms with Gasteiger partial charge in [0.25, 0.3) is 12.1 Å². The third kappa shape index (κ3) is 1.44. The fraction of sp³-hybridized carbons (Fsp3) is 0. The van der Waals surface area contributed by atoms with E-state index in [1.54, 1.807) is 12.1 Å². The number of nitrogen functional groups attached to an aromatic ring is 1. The minimum Gasteiger partial charge on any atom is -0.872 e. The molecule has 0 unspecified atom stereocenters. The fourth-order valence-corrected chi connectivity index (χ4v) is 0.979. The predicted octanol–water partition coefficient (Wildman–Crippen LogP) is -0.393. The molecule has 0 bridgehead atoms. The zero-order valence-corrected chi connectivity index (χ0v) is 6.68. The monoisotopic (exact) mass is 177 g/mol. The molecule has 0 amide bonds. The molecule has 2 aromatic rings. The quantitative estimate of drug-likeness (QED) is 0.601. The van der Waals surface area contributed by atoms with Gasteiger partial charge in [0.1, 0.15) is 0 Å². The first-order chi connectivity index (χ1) is 6.25. The van der Waals surface area contributed by atoms with E-state index in [1.807, 2.05) is 0 Å². The topological polar surface area (TPSA) is 79.0 Å². The molecule has 13 heavy (non-hydrogen) atoms. The van der Waals surface area contributed by atoms with Crippen molar-refractivity contribution in [3.63, 3.8) is 0 Å². The number of anilines is 1. The lowest BCUT2D eigenvalue weighted by molar-refractivity contribution is -0.670. The number of hydrogen-bond donors (Lipinski definition) is 1. The van der Waals surface area contributed by atoms with Gasteiger partial charge in [0.15, 0.2) is 0 Å². The van der Waals surface area contributed by atoms with Gasteiger partial charge in [-0.05, 0) is 4.68 Å². The molecule has 1 aromatic heterocycles. The lowest BCUT2D eigenvalue weighted by atomic mass is 10.3. The fourth-order valence-electron chi connectivity index (χ4n) is 0.979. The van der Waals surface area contributed by atoms with Crippen LogP contribution in [0.25, 0.3) is 5.69 Å². The van der Waals surface area contributed by atoms with E-state index in [9.17, 15) is 5.11 Å². The Morgan fingerprint density at radius 2 is 2.00 bits per heavy atom. The highest BCUT2D eigenvalue weighted by atomic mass is 16.5. The average Bonchev–Trinajstić information content (AvgIpc) is 2.53. The average molecular weight is 177 g/mol. The minimum absolute atomic E-state index is 0.0409. The van der Waals surface area contributed by atoms with Crippen molar-refractivity contribution in [1.82, 2.24) is 5.27 Å². The van der Waals surface area contributed by atoms with Crippen LogP contribution >= 0.6 is 0 Å². The largest absolute Gasteiger partial charge is 0.872 e. The molecular weight excluding hydrogens is 170 g/mol. The Hall–Kier alpha value is -2.04. The van der Waals surface area contributed by atoms with Gasteiger partial charge in [-0.1, -0.05) is 12.1 Å². The predicted molar refractivity (Wildman–Crippen MR) is 41.9 cm³/mol. The Kier molecular flexibility index (Phi) is 1.63. The molecule has 5 heteroatoms. The highest BCUT2D eigenvalue weighted by molar-refractivity contribution is 5.29. The first-order valence-electron chi connectivity index (χ1n) is 3.67. The van der Waals surface area contributed by atoms with Crippen molar-refractivity contribution in [2.45, 2.75) is 0 Å². The van der Waals surface area contributed by atoms with Crippen LogP contribution in [-0.2, 0) is 0 Å². The molecule has 2 rings (SSSR count). The molecule has 2 N–H and O–H groups in total. The summed E-state index contributed by atoms with van der Waals surface area (Å²) in [5.74, 6) is 0.187. The Morgan fingerprint density at radius 3 is 2.54 bits per heavy atom. The van der Waals surface area contributed by atoms with Gasteiger partial charge in [0.2, 0.25) is 11.0 Å². The molecule has 0 radical (unpaired) electrons. The van der Waals surface area contributed by atoms with Crippen LogP contribution in [0, 0.1) is 0 Å². The summed E-state index contributed by atoms with van der Waals surface area (Å²) >= 11 is 0. The summed E-state index contributed by atoms with van der Waals surface area (Å²) in [6.45, 7) is 0. The number of benzene rings is 1. The normalized spacial score (nSPS) is 10.2. The van der Waals surface area contributed by atoms with Crippen LogP contribution < -0.4 is 15.5 Å². The van der Waals surface area contributed by atoms with Crippen molar-refractivity contribution < 1.29 is 14.3 Å². The Morgan fingerprint density at radius 1 is 1.31 bits per heavy atom. The molecule has 0 fully saturated rings. The summed E-state index contributed by atoms with van der Waals surface area (Å²) in [5.41, 5.74) is 6.07. The molecule has 0 aliphatic rings. The summed E-state index contributed by atoms with van der Waals surface area (Å²) in [5, 5.41) is 14.4. The number of hydrogen-bond acceptors (Lipinski definition) is 4. The van der Waals surface area contributed by atoms with E-state index in [1.165, 1.54) is 23.0 Å². The number of aromatic nitrogens is 2. The van der Waals surface area contributed by atoms with Crippen molar-refractivity contribution in [3.8, 4) is 11.4 Å². The molecule has 1 aromatic carbocycles. The lowest BCUT2D eigenvalue weighted by Crippen LogP contribution is -2.31. The van der Waals surface area contributed by atoms with Crippen molar-refractivity contribution in [3.05, 3.63) is 30.5 Å². The first kappa shape index (κ1) is 7.60. The van der Waals surface area contributed by atoms with E-state index in [0.717, 1.165) is 5.69 Å². The molecule has 0 saturated carbocycles. The van der Waals surface area contributed by atoms with Crippen molar-refractivity contribution >= 4 is 5.88 Å². The van der Waals surface area contributed by atoms with E-state index in [0.29, 0.717) is 0 Å². The zero-order valence-electron chi connectivity index (χ0n) is 6.68. The standard InChI is InChI=1S/C8H7N3O2/c9-8-5-11(10-13-8)6-1-3-7(12)4-2-6/h1-5H,(H2-,9,10,12). The summed E-state index contributed by atoms with van der Waals surface area (Å²) in [7, 11) is 0. The number of rotatable bonds is 1. The smallest absolute Gasteiger partial charge is 0.293 e. The molecular formula is C8H7N3O2. The van der Waals surface area contributed by atoms with Crippen LogP contribution in [0.15, 0.2) is 35.0 Å². The third-order valence-electron chi connectivity index (χ3n) is 1.58. The summed E-state index contributed by atoms with van der Waals surface area (Å²) in [6.07, 6.45) is 1.53. The van der Waals surface area contributed by atoms with E-state index in [-0.39, 0.29) is 11.6 Å². The van der Waals surface area contributed by atoms with E-state index in [4.69, 9.17) is 5.73 Å². The van der Waals surface area contributed by atoms with Gasteiger partial charge in [0, 0.05) is 12.1 Å². The highest BCUT2D eigenvalue weighted by Crippen LogP contribution is 2.06. The summed E-state index contributed by atoms with van der Waals surface area (Å²) in [6, 6.07) is 6.19. The van der Waals surface area contributed by atoms with Gasteiger partial charge in [-0.15, -0.1) is 5.75 Å². The van der Waals surface area contributed by atoms with Gasteiger partial charge >= 0.3 is 0 Å². The van der Waals surface area contributed by atoms with Crippen LogP contribution in [0.4, 0.5) is 5.88 Å². The highest BCUT2D eigenvalue weighted by Gasteiger charge is 2.10. The molecule has 0 spiro atoms. The second-order valence-electron chi connectivity index (χ2n) is 2.54. The molecule has 5 nitrogen and oxygen atoms in total. The van der Waals surface area contributed by atoms with E-state index < -0.39 is 0 Å². The van der Waals surface area contributed by atoms with Crippen LogP contribution in [0.3, 0.4) is 0 Å². The second-order valence-corrected chi connectivity index (χ2v) is 2.54. The molecule has 1 heterocycles. The van der Waals surface area contributed by atoms with Crippen molar-refractivity contribution in [1.29, 1.82) is 0 Å². The molecule has 0 saturated heterocycles. The van der Waals surface area contributed by atoms with Crippen molar-refractivity contribution in [2.24, 2.45) is 0 Å². The van der Waals surface area contributed by atoms with E-state index in [2.05, 4.69) is 9.79 Å². The van der Waals surface area contributed by atoms with Crippen LogP contribution in [0.2, 0.25) is 0 Å². The number of nitrogens with zero attached hydrogens (tertiary/aromatic N) is 2. The molecule has 0 atom stereocenters. The third-order valence-corrected chi connectivity index (χ3v) is 1.58. The first-order valence-corrected chi connectivity index (χ1v) is 3.67. The Bertz CT molecular complexity index is 408. The number of nitrogens with two attached hydrogens (primary N) is 1. The summed E-state index contributed by atoms with van der Waals surface area (Å²) in [4.78, 5) is 0. The van der Waals surface area contributed by atoms with Gasteiger partial charge < -0.3 is 10.8 Å². The maximum absolute atomic E-state index is 10.8. The Balaban J connectivity index is 2.41. The maximum Gasteiger partial charge on any atom is 0.293 e. The van der Waals surface area contributed by atoms with Crippen LogP contribution in [-0.4, -0.2) is 5.27 Å². The van der Waals surface area contributed by atoms with Crippen LogP contribution in [0.5, 0.6) is 5.75 Å². The molecule has 0 aliphatic carbocycles. The zero-order chi connectivity index (χ0) is 9.26. The molecule has 66 valence electrons.